The van der Waals surface area contributed by atoms with Crippen molar-refractivity contribution in [2.45, 2.75) is 0 Å². The van der Waals surface area contributed by atoms with Crippen molar-refractivity contribution in [1.29, 1.82) is 0 Å². The topological polar surface area (TPSA) is 49.3 Å². The fraction of sp³-hybridized carbons (Fsp3) is 0. The van der Waals surface area contributed by atoms with Crippen LogP contribution in [0.1, 0.15) is 10.4 Å². The van der Waals surface area contributed by atoms with E-state index in [-0.39, 0.29) is 11.3 Å². The molecule has 5 heteroatoms. The highest BCUT2D eigenvalue weighted by Crippen LogP contribution is 2.23. The van der Waals surface area contributed by atoms with Crippen molar-refractivity contribution in [2.75, 3.05) is 5.32 Å². The predicted molar refractivity (Wildman–Crippen MR) is 75.2 cm³/mol. The number of hydrogen-bond acceptors (Lipinski definition) is 2. The SMILES string of the molecule is O=C(Nc1ccccc1I)c1c(O)cccc1F. The Hall–Kier alpha value is -1.63. The molecule has 2 rings (SSSR count). The summed E-state index contributed by atoms with van der Waals surface area (Å²) in [5, 5.41) is 12.1. The van der Waals surface area contributed by atoms with Gasteiger partial charge in [-0.2, -0.15) is 0 Å². The zero-order valence-electron chi connectivity index (χ0n) is 9.15. The molecule has 2 aromatic rings. The van der Waals surface area contributed by atoms with Crippen LogP contribution in [0.3, 0.4) is 0 Å². The average molecular weight is 357 g/mol. The normalized spacial score (nSPS) is 10.1. The van der Waals surface area contributed by atoms with E-state index in [0.29, 0.717) is 5.69 Å². The first-order valence-electron chi connectivity index (χ1n) is 5.13. The van der Waals surface area contributed by atoms with Gasteiger partial charge < -0.3 is 10.4 Å². The number of hydrogen-bond donors (Lipinski definition) is 2. The summed E-state index contributed by atoms with van der Waals surface area (Å²) in [7, 11) is 0. The number of rotatable bonds is 2. The van der Waals surface area contributed by atoms with Gasteiger partial charge in [0, 0.05) is 3.57 Å². The quantitative estimate of drug-likeness (QED) is 0.810. The number of nitrogens with one attached hydrogen (secondary N) is 1. The number of benzene rings is 2. The van der Waals surface area contributed by atoms with Crippen LogP contribution in [0.4, 0.5) is 10.1 Å². The standard InChI is InChI=1S/C13H9FINO2/c14-8-4-3-7-11(17)12(8)13(18)16-10-6-2-1-5-9(10)15/h1-7,17H,(H,16,18). The Labute approximate surface area is 117 Å². The van der Waals surface area contributed by atoms with E-state index < -0.39 is 11.7 Å². The van der Waals surface area contributed by atoms with Crippen LogP contribution in [0, 0.1) is 9.39 Å². The molecule has 0 aliphatic rings. The van der Waals surface area contributed by atoms with Crippen LogP contribution in [0.25, 0.3) is 0 Å². The Morgan fingerprint density at radius 3 is 2.56 bits per heavy atom. The third-order valence-electron chi connectivity index (χ3n) is 2.34. The molecule has 0 radical (unpaired) electrons. The lowest BCUT2D eigenvalue weighted by atomic mass is 10.1. The highest BCUT2D eigenvalue weighted by molar-refractivity contribution is 14.1. The van der Waals surface area contributed by atoms with E-state index in [4.69, 9.17) is 0 Å². The molecule has 0 spiro atoms. The summed E-state index contributed by atoms with van der Waals surface area (Å²) in [6.07, 6.45) is 0. The maximum Gasteiger partial charge on any atom is 0.262 e. The number of amides is 1. The highest BCUT2D eigenvalue weighted by Gasteiger charge is 2.17. The largest absolute Gasteiger partial charge is 0.507 e. The summed E-state index contributed by atoms with van der Waals surface area (Å²) in [5.74, 6) is -1.80. The van der Waals surface area contributed by atoms with Crippen molar-refractivity contribution < 1.29 is 14.3 Å². The van der Waals surface area contributed by atoms with Crippen molar-refractivity contribution in [3.63, 3.8) is 0 Å². The molecule has 0 fully saturated rings. The van der Waals surface area contributed by atoms with Gasteiger partial charge in [-0.1, -0.05) is 18.2 Å². The van der Waals surface area contributed by atoms with Gasteiger partial charge in [-0.05, 0) is 46.9 Å². The van der Waals surface area contributed by atoms with Crippen LogP contribution in [-0.4, -0.2) is 11.0 Å². The third kappa shape index (κ3) is 2.61. The first-order valence-corrected chi connectivity index (χ1v) is 6.21. The van der Waals surface area contributed by atoms with Gasteiger partial charge in [0.15, 0.2) is 0 Å². The van der Waals surface area contributed by atoms with E-state index in [2.05, 4.69) is 27.9 Å². The van der Waals surface area contributed by atoms with Crippen molar-refractivity contribution in [3.05, 3.63) is 57.4 Å². The summed E-state index contributed by atoms with van der Waals surface area (Å²) in [5.41, 5.74) is 0.225. The molecule has 18 heavy (non-hydrogen) atoms. The molecule has 1 amide bonds. The average Bonchev–Trinajstić information content (AvgIpc) is 2.32. The van der Waals surface area contributed by atoms with E-state index in [0.717, 1.165) is 9.64 Å². The van der Waals surface area contributed by atoms with Crippen molar-refractivity contribution in [2.24, 2.45) is 0 Å². The fourth-order valence-corrected chi connectivity index (χ4v) is 2.01. The molecule has 0 aliphatic carbocycles. The van der Waals surface area contributed by atoms with Gasteiger partial charge in [0.1, 0.15) is 17.1 Å². The molecule has 0 heterocycles. The lowest BCUT2D eigenvalue weighted by molar-refractivity contribution is 0.102. The Balaban J connectivity index is 2.31. The smallest absolute Gasteiger partial charge is 0.262 e. The molecule has 0 bridgehead atoms. The number of halogens is 2. The highest BCUT2D eigenvalue weighted by atomic mass is 127. The monoisotopic (exact) mass is 357 g/mol. The maximum absolute atomic E-state index is 13.5. The second-order valence-electron chi connectivity index (χ2n) is 3.57. The number of anilines is 1. The molecule has 0 aliphatic heterocycles. The van der Waals surface area contributed by atoms with Gasteiger partial charge >= 0.3 is 0 Å². The first kappa shape index (κ1) is 12.8. The summed E-state index contributed by atoms with van der Waals surface area (Å²) in [4.78, 5) is 11.9. The summed E-state index contributed by atoms with van der Waals surface area (Å²) in [6.45, 7) is 0. The number of phenolic OH excluding ortho intramolecular Hbond substituents is 1. The number of carbonyl (C=O) groups excluding carboxylic acids is 1. The molecule has 92 valence electrons. The minimum Gasteiger partial charge on any atom is -0.507 e. The number of para-hydroxylation sites is 1. The van der Waals surface area contributed by atoms with Crippen LogP contribution in [0.5, 0.6) is 5.75 Å². The second kappa shape index (κ2) is 5.34. The van der Waals surface area contributed by atoms with E-state index in [1.165, 1.54) is 12.1 Å². The summed E-state index contributed by atoms with van der Waals surface area (Å²) >= 11 is 2.06. The van der Waals surface area contributed by atoms with Gasteiger partial charge in [0.05, 0.1) is 5.69 Å². The molecule has 0 saturated carbocycles. The fourth-order valence-electron chi connectivity index (χ4n) is 1.48. The van der Waals surface area contributed by atoms with Gasteiger partial charge in [0.2, 0.25) is 0 Å². The zero-order chi connectivity index (χ0) is 13.1. The minimum absolute atomic E-state index is 0.350. The third-order valence-corrected chi connectivity index (χ3v) is 3.28. The first-order chi connectivity index (χ1) is 8.59. The number of aromatic hydroxyl groups is 1. The van der Waals surface area contributed by atoms with Crippen molar-refractivity contribution >= 4 is 34.2 Å². The molecular formula is C13H9FINO2. The van der Waals surface area contributed by atoms with Crippen LogP contribution in [-0.2, 0) is 0 Å². The van der Waals surface area contributed by atoms with Crippen LogP contribution >= 0.6 is 22.6 Å². The summed E-state index contributed by atoms with van der Waals surface area (Å²) in [6, 6.07) is 10.9. The van der Waals surface area contributed by atoms with Gasteiger partial charge in [0.25, 0.3) is 5.91 Å². The molecule has 2 aromatic carbocycles. The van der Waals surface area contributed by atoms with Gasteiger partial charge in [-0.3, -0.25) is 4.79 Å². The van der Waals surface area contributed by atoms with Crippen molar-refractivity contribution in [1.82, 2.24) is 0 Å². The zero-order valence-corrected chi connectivity index (χ0v) is 11.3. The Bertz CT molecular complexity index is 581. The molecule has 3 nitrogen and oxygen atoms in total. The second-order valence-corrected chi connectivity index (χ2v) is 4.73. The predicted octanol–water partition coefficient (Wildman–Crippen LogP) is 3.39. The van der Waals surface area contributed by atoms with Crippen LogP contribution in [0.15, 0.2) is 42.5 Å². The van der Waals surface area contributed by atoms with E-state index >= 15 is 0 Å². The number of phenols is 1. The van der Waals surface area contributed by atoms with E-state index in [1.54, 1.807) is 12.1 Å². The number of carbonyl (C=O) groups is 1. The molecule has 0 atom stereocenters. The molecule has 0 unspecified atom stereocenters. The van der Waals surface area contributed by atoms with E-state index in [9.17, 15) is 14.3 Å². The molecule has 0 saturated heterocycles. The maximum atomic E-state index is 13.5. The Morgan fingerprint density at radius 2 is 1.89 bits per heavy atom. The lowest BCUT2D eigenvalue weighted by Gasteiger charge is -2.09. The summed E-state index contributed by atoms with van der Waals surface area (Å²) < 4.78 is 14.3. The lowest BCUT2D eigenvalue weighted by Crippen LogP contribution is -2.14. The van der Waals surface area contributed by atoms with Crippen LogP contribution in [0.2, 0.25) is 0 Å². The Morgan fingerprint density at radius 1 is 1.17 bits per heavy atom. The molecule has 2 N–H and O–H groups in total. The van der Waals surface area contributed by atoms with Gasteiger partial charge in [-0.25, -0.2) is 4.39 Å². The minimum atomic E-state index is -0.751. The van der Waals surface area contributed by atoms with E-state index in [1.807, 2.05) is 12.1 Å². The van der Waals surface area contributed by atoms with Gasteiger partial charge in [-0.15, -0.1) is 0 Å². The molecular weight excluding hydrogens is 348 g/mol. The van der Waals surface area contributed by atoms with Crippen LogP contribution < -0.4 is 5.32 Å². The Kier molecular flexibility index (Phi) is 3.81. The molecule has 0 aromatic heterocycles. The van der Waals surface area contributed by atoms with Crippen molar-refractivity contribution in [3.8, 4) is 5.75 Å².